The van der Waals surface area contributed by atoms with E-state index in [0.29, 0.717) is 0 Å². The second-order valence-corrected chi connectivity index (χ2v) is 18.3. The van der Waals surface area contributed by atoms with E-state index in [-0.39, 0.29) is 23.4 Å². The van der Waals surface area contributed by atoms with Gasteiger partial charge < -0.3 is 9.80 Å². The molecule has 9 rings (SSSR count). The van der Waals surface area contributed by atoms with Crippen LogP contribution in [-0.2, 0) is 12.0 Å². The number of allylic oxidation sites excluding steroid dienone is 4. The highest BCUT2D eigenvalue weighted by molar-refractivity contribution is 6.91. The first kappa shape index (κ1) is 36.1. The fourth-order valence-corrected chi connectivity index (χ4v) is 9.63. The van der Waals surface area contributed by atoms with Crippen molar-refractivity contribution in [2.45, 2.75) is 79.6 Å². The molecule has 0 saturated heterocycles. The zero-order valence-electron chi connectivity index (χ0n) is 34.3. The van der Waals surface area contributed by atoms with E-state index in [1.807, 2.05) is 0 Å². The Hall–Kier alpha value is -5.54. The molecule has 0 spiro atoms. The summed E-state index contributed by atoms with van der Waals surface area (Å²) in [6.45, 7) is 19.6. The Bertz CT molecular complexity index is 2560. The minimum Gasteiger partial charge on any atom is -0.338 e. The number of anilines is 4. The highest BCUT2D eigenvalue weighted by Gasteiger charge is 2.49. The molecule has 0 saturated carbocycles. The first-order valence-corrected chi connectivity index (χ1v) is 20.5. The molecular formula is C53H53BN2. The molecule has 2 heterocycles. The van der Waals surface area contributed by atoms with Gasteiger partial charge in [-0.2, -0.15) is 0 Å². The first-order chi connectivity index (χ1) is 26.9. The lowest BCUT2D eigenvalue weighted by atomic mass is 9.28. The monoisotopic (exact) mass is 728 g/mol. The molecule has 0 fully saturated rings. The molecule has 0 N–H and O–H groups in total. The van der Waals surface area contributed by atoms with Gasteiger partial charge in [-0.3, -0.25) is 0 Å². The predicted octanol–water partition coefficient (Wildman–Crippen LogP) is 13.0. The predicted molar refractivity (Wildman–Crippen MR) is 242 cm³/mol. The summed E-state index contributed by atoms with van der Waals surface area (Å²) < 4.78 is 0. The Morgan fingerprint density at radius 3 is 1.82 bits per heavy atom. The normalized spacial score (nSPS) is 16.1. The second kappa shape index (κ2) is 13.6. The second-order valence-electron chi connectivity index (χ2n) is 18.3. The number of aryl methyl sites for hydroxylation is 2. The molecule has 0 radical (unpaired) electrons. The van der Waals surface area contributed by atoms with Gasteiger partial charge >= 0.3 is 0 Å². The van der Waals surface area contributed by atoms with E-state index in [1.165, 1.54) is 89.5 Å². The van der Waals surface area contributed by atoms with Crippen molar-refractivity contribution >= 4 is 40.4 Å². The summed E-state index contributed by atoms with van der Waals surface area (Å²) in [5, 5.41) is 0. The Balaban J connectivity index is 1.32. The van der Waals surface area contributed by atoms with Crippen LogP contribution in [0.15, 0.2) is 157 Å². The average Bonchev–Trinajstić information content (AvgIpc) is 3.18. The number of fused-ring (bicyclic) bond motifs is 4. The van der Waals surface area contributed by atoms with Gasteiger partial charge in [0.15, 0.2) is 0 Å². The lowest BCUT2D eigenvalue weighted by molar-refractivity contribution is 0.478. The quantitative estimate of drug-likeness (QED) is 0.163. The summed E-state index contributed by atoms with van der Waals surface area (Å²) in [5.74, 6) is 0.267. The van der Waals surface area contributed by atoms with E-state index in [4.69, 9.17) is 0 Å². The standard InChI is InChI=1S/C53H53BN2/c1-35-18-9-12-21-40(35)42-23-14-11-20-37(42)34-55-47-30-28-38(52(3,4)5)32-44(47)54-45-33-39(53(6,7)8)29-31-48(45)56(50-27-17-26-49(55)51(50)54)46-25-16-15-24-43(46)41-22-13-10-19-36(41)2/h9-32,45H,33-34H2,1-8H3. The van der Waals surface area contributed by atoms with E-state index in [1.54, 1.807) is 0 Å². The third-order valence-corrected chi connectivity index (χ3v) is 12.7. The fraction of sp³-hybridized carbons (Fsp3) is 0.245. The molecule has 56 heavy (non-hydrogen) atoms. The molecule has 1 atom stereocenters. The maximum absolute atomic E-state index is 2.64. The minimum absolute atomic E-state index is 0.0198. The third kappa shape index (κ3) is 6.04. The summed E-state index contributed by atoms with van der Waals surface area (Å²) in [5.41, 5.74) is 21.5. The summed E-state index contributed by atoms with van der Waals surface area (Å²) in [7, 11) is 0. The van der Waals surface area contributed by atoms with Gasteiger partial charge in [0.2, 0.25) is 6.71 Å². The van der Waals surface area contributed by atoms with Crippen molar-refractivity contribution in [1.29, 1.82) is 0 Å². The Kier molecular flexibility index (Phi) is 8.77. The van der Waals surface area contributed by atoms with Crippen LogP contribution in [0.1, 0.15) is 70.2 Å². The van der Waals surface area contributed by atoms with Gasteiger partial charge in [-0.05, 0) is 117 Å². The molecule has 6 aromatic carbocycles. The van der Waals surface area contributed by atoms with Crippen LogP contribution in [0.4, 0.5) is 22.7 Å². The van der Waals surface area contributed by atoms with E-state index in [2.05, 4.69) is 211 Å². The van der Waals surface area contributed by atoms with Crippen LogP contribution in [0, 0.1) is 19.3 Å². The van der Waals surface area contributed by atoms with Gasteiger partial charge in [0, 0.05) is 34.9 Å². The maximum Gasteiger partial charge on any atom is 0.226 e. The molecule has 2 aliphatic heterocycles. The van der Waals surface area contributed by atoms with Gasteiger partial charge in [-0.15, -0.1) is 0 Å². The van der Waals surface area contributed by atoms with E-state index < -0.39 is 0 Å². The largest absolute Gasteiger partial charge is 0.338 e. The summed E-state index contributed by atoms with van der Waals surface area (Å²) >= 11 is 0. The molecule has 6 aromatic rings. The Morgan fingerprint density at radius 1 is 0.554 bits per heavy atom. The van der Waals surface area contributed by atoms with Crippen molar-refractivity contribution < 1.29 is 0 Å². The van der Waals surface area contributed by atoms with Crippen molar-refractivity contribution in [2.75, 3.05) is 9.80 Å². The fourth-order valence-electron chi connectivity index (χ4n) is 9.63. The number of para-hydroxylation sites is 1. The zero-order valence-corrected chi connectivity index (χ0v) is 34.3. The van der Waals surface area contributed by atoms with Gasteiger partial charge in [0.25, 0.3) is 0 Å². The molecule has 2 nitrogen and oxygen atoms in total. The van der Waals surface area contributed by atoms with Crippen LogP contribution < -0.4 is 20.7 Å². The molecule has 0 aromatic heterocycles. The number of hydrogen-bond acceptors (Lipinski definition) is 2. The molecule has 0 amide bonds. The molecule has 3 aliphatic rings. The number of benzene rings is 6. The Morgan fingerprint density at radius 2 is 1.14 bits per heavy atom. The van der Waals surface area contributed by atoms with Crippen molar-refractivity contribution in [3.8, 4) is 22.3 Å². The van der Waals surface area contributed by atoms with Gasteiger partial charge in [-0.1, -0.05) is 162 Å². The van der Waals surface area contributed by atoms with Gasteiger partial charge in [-0.25, -0.2) is 0 Å². The van der Waals surface area contributed by atoms with Crippen LogP contribution >= 0.6 is 0 Å². The van der Waals surface area contributed by atoms with Crippen molar-refractivity contribution in [1.82, 2.24) is 0 Å². The van der Waals surface area contributed by atoms with Crippen molar-refractivity contribution in [2.24, 2.45) is 5.41 Å². The average molecular weight is 729 g/mol. The van der Waals surface area contributed by atoms with Crippen LogP contribution in [0.25, 0.3) is 22.3 Å². The topological polar surface area (TPSA) is 6.48 Å². The first-order valence-electron chi connectivity index (χ1n) is 20.5. The maximum atomic E-state index is 2.64. The van der Waals surface area contributed by atoms with Crippen LogP contribution in [0.5, 0.6) is 0 Å². The summed E-state index contributed by atoms with van der Waals surface area (Å²) in [4.78, 5) is 5.27. The number of rotatable bonds is 5. The molecule has 1 aliphatic carbocycles. The number of nitrogens with zero attached hydrogens (tertiary/aromatic N) is 2. The smallest absolute Gasteiger partial charge is 0.226 e. The molecule has 1 unspecified atom stereocenters. The summed E-state index contributed by atoms with van der Waals surface area (Å²) in [6, 6.07) is 50.2. The van der Waals surface area contributed by atoms with Crippen LogP contribution in [0.3, 0.4) is 0 Å². The zero-order chi connectivity index (χ0) is 38.9. The lowest BCUT2D eigenvalue weighted by Gasteiger charge is -2.50. The Labute approximate surface area is 335 Å². The number of hydrogen-bond donors (Lipinski definition) is 0. The van der Waals surface area contributed by atoms with Crippen molar-refractivity contribution in [3.05, 3.63) is 179 Å². The molecular weight excluding hydrogens is 675 g/mol. The highest BCUT2D eigenvalue weighted by atomic mass is 15.2. The molecule has 3 heteroatoms. The van der Waals surface area contributed by atoms with E-state index >= 15 is 0 Å². The highest BCUT2D eigenvalue weighted by Crippen LogP contribution is 2.52. The van der Waals surface area contributed by atoms with Crippen LogP contribution in [0.2, 0.25) is 5.82 Å². The minimum atomic E-state index is 0.0198. The third-order valence-electron chi connectivity index (χ3n) is 12.7. The lowest BCUT2D eigenvalue weighted by Crippen LogP contribution is -2.59. The summed E-state index contributed by atoms with van der Waals surface area (Å²) in [6.07, 6.45) is 5.93. The van der Waals surface area contributed by atoms with E-state index in [0.717, 1.165) is 13.0 Å². The van der Waals surface area contributed by atoms with Crippen LogP contribution in [-0.4, -0.2) is 6.71 Å². The SMILES string of the molecule is Cc1ccccc1-c1ccccc1CN1c2ccc(C(C)(C)C)cc2B2c3c1cccc3N(c1ccccc1-c1ccccc1C)C1=CC=C(C(C)(C)C)CC21. The van der Waals surface area contributed by atoms with E-state index in [9.17, 15) is 0 Å². The van der Waals surface area contributed by atoms with Gasteiger partial charge in [0.1, 0.15) is 0 Å². The van der Waals surface area contributed by atoms with Gasteiger partial charge in [0.05, 0.1) is 5.69 Å². The van der Waals surface area contributed by atoms with Crippen molar-refractivity contribution in [3.63, 3.8) is 0 Å². The molecule has 278 valence electrons. The molecule has 0 bridgehead atoms.